The van der Waals surface area contributed by atoms with E-state index < -0.39 is 23.6 Å². The van der Waals surface area contributed by atoms with Crippen LogP contribution in [0, 0.1) is 40.3 Å². The second-order valence-corrected chi connectivity index (χ2v) is 6.02. The van der Waals surface area contributed by atoms with E-state index in [4.69, 9.17) is 0 Å². The van der Waals surface area contributed by atoms with Gasteiger partial charge in [-0.15, -0.1) is 0 Å². The van der Waals surface area contributed by atoms with E-state index in [1.54, 1.807) is 31.2 Å². The Kier molecular flexibility index (Phi) is 4.77. The number of hydrazone groups is 1. The van der Waals surface area contributed by atoms with Crippen LogP contribution in [0.15, 0.2) is 59.7 Å². The SMILES string of the molecule is CC1=NN(c2ccccc2)C(=O)C1C(c1ccc(F)cc1)C(C#N)C#N. The van der Waals surface area contributed by atoms with Crippen molar-refractivity contribution in [3.8, 4) is 12.1 Å². The Hall–Kier alpha value is -3.51. The molecule has 0 radical (unpaired) electrons. The molecule has 0 fully saturated rings. The molecule has 1 amide bonds. The summed E-state index contributed by atoms with van der Waals surface area (Å²) in [4.78, 5) is 13.1. The minimum absolute atomic E-state index is 0.307. The van der Waals surface area contributed by atoms with Gasteiger partial charge in [-0.05, 0) is 36.8 Å². The lowest BCUT2D eigenvalue weighted by Crippen LogP contribution is -2.34. The number of hydrogen-bond acceptors (Lipinski definition) is 4. The largest absolute Gasteiger partial charge is 0.272 e. The van der Waals surface area contributed by atoms with E-state index in [2.05, 4.69) is 5.10 Å². The van der Waals surface area contributed by atoms with E-state index in [-0.39, 0.29) is 5.91 Å². The van der Waals surface area contributed by atoms with Gasteiger partial charge in [0.25, 0.3) is 5.91 Å². The first kappa shape index (κ1) is 17.3. The summed E-state index contributed by atoms with van der Waals surface area (Å²) < 4.78 is 13.3. The molecule has 3 rings (SSSR count). The summed E-state index contributed by atoms with van der Waals surface area (Å²) in [5.41, 5.74) is 1.69. The molecule has 0 aromatic heterocycles. The summed E-state index contributed by atoms with van der Waals surface area (Å²) >= 11 is 0. The molecule has 1 aliphatic heterocycles. The minimum atomic E-state index is -1.06. The third-order valence-electron chi connectivity index (χ3n) is 4.43. The third kappa shape index (κ3) is 3.05. The van der Waals surface area contributed by atoms with Crippen molar-refractivity contribution in [1.29, 1.82) is 10.5 Å². The van der Waals surface area contributed by atoms with Crippen molar-refractivity contribution < 1.29 is 9.18 Å². The number of nitrogens with zero attached hydrogens (tertiary/aromatic N) is 4. The lowest BCUT2D eigenvalue weighted by Gasteiger charge is -2.24. The van der Waals surface area contributed by atoms with Gasteiger partial charge < -0.3 is 0 Å². The lowest BCUT2D eigenvalue weighted by atomic mass is 9.76. The number of para-hydroxylation sites is 1. The number of carbonyl (C=O) groups excluding carboxylic acids is 1. The van der Waals surface area contributed by atoms with Crippen molar-refractivity contribution in [2.45, 2.75) is 12.8 Å². The first-order valence-corrected chi connectivity index (χ1v) is 8.05. The Bertz CT molecular complexity index is 911. The first-order chi connectivity index (χ1) is 12.6. The number of nitriles is 2. The van der Waals surface area contributed by atoms with Crippen LogP contribution in [0.2, 0.25) is 0 Å². The molecule has 0 bridgehead atoms. The highest BCUT2D eigenvalue weighted by Gasteiger charge is 2.44. The molecule has 2 aromatic rings. The number of halogens is 1. The molecule has 1 heterocycles. The second-order valence-electron chi connectivity index (χ2n) is 6.02. The molecule has 0 aliphatic carbocycles. The zero-order valence-corrected chi connectivity index (χ0v) is 14.0. The van der Waals surface area contributed by atoms with Crippen molar-refractivity contribution in [3.05, 3.63) is 66.0 Å². The summed E-state index contributed by atoms with van der Waals surface area (Å²) in [6.45, 7) is 1.70. The topological polar surface area (TPSA) is 80.2 Å². The average Bonchev–Trinajstić information content (AvgIpc) is 2.96. The van der Waals surface area contributed by atoms with Crippen molar-refractivity contribution in [3.63, 3.8) is 0 Å². The number of anilines is 1. The highest BCUT2D eigenvalue weighted by atomic mass is 19.1. The molecule has 2 aromatic carbocycles. The van der Waals surface area contributed by atoms with E-state index in [1.165, 1.54) is 29.3 Å². The van der Waals surface area contributed by atoms with Crippen LogP contribution < -0.4 is 5.01 Å². The van der Waals surface area contributed by atoms with Gasteiger partial charge in [0.1, 0.15) is 11.7 Å². The van der Waals surface area contributed by atoms with E-state index in [1.807, 2.05) is 18.2 Å². The van der Waals surface area contributed by atoms with Crippen LogP contribution in [0.4, 0.5) is 10.1 Å². The van der Waals surface area contributed by atoms with Gasteiger partial charge in [0.15, 0.2) is 0 Å². The van der Waals surface area contributed by atoms with Gasteiger partial charge in [0, 0.05) is 11.6 Å². The summed E-state index contributed by atoms with van der Waals surface area (Å²) in [6, 6.07) is 18.4. The van der Waals surface area contributed by atoms with E-state index >= 15 is 0 Å². The standard InChI is InChI=1S/C20H15FN4O/c1-13-18(20(26)25(24-13)17-5-3-2-4-6-17)19(15(11-22)12-23)14-7-9-16(21)10-8-14/h2-10,15,18-19H,1H3. The number of amides is 1. The Labute approximate surface area is 150 Å². The molecular weight excluding hydrogens is 331 g/mol. The molecule has 128 valence electrons. The minimum Gasteiger partial charge on any atom is -0.272 e. The number of carbonyl (C=O) groups is 1. The molecule has 0 saturated heterocycles. The van der Waals surface area contributed by atoms with Crippen LogP contribution in [-0.4, -0.2) is 11.6 Å². The molecule has 26 heavy (non-hydrogen) atoms. The molecule has 6 heteroatoms. The monoisotopic (exact) mass is 346 g/mol. The fraction of sp³-hybridized carbons (Fsp3) is 0.200. The molecule has 5 nitrogen and oxygen atoms in total. The maximum Gasteiger partial charge on any atom is 0.256 e. The Morgan fingerprint density at radius 2 is 1.69 bits per heavy atom. The first-order valence-electron chi connectivity index (χ1n) is 8.05. The third-order valence-corrected chi connectivity index (χ3v) is 4.43. The molecule has 0 N–H and O–H groups in total. The fourth-order valence-electron chi connectivity index (χ4n) is 3.20. The van der Waals surface area contributed by atoms with Crippen LogP contribution in [0.5, 0.6) is 0 Å². The number of rotatable bonds is 4. The molecule has 0 saturated carbocycles. The predicted molar refractivity (Wildman–Crippen MR) is 94.4 cm³/mol. The lowest BCUT2D eigenvalue weighted by molar-refractivity contribution is -0.120. The van der Waals surface area contributed by atoms with Crippen molar-refractivity contribution in [2.75, 3.05) is 5.01 Å². The van der Waals surface area contributed by atoms with Gasteiger partial charge >= 0.3 is 0 Å². The Morgan fingerprint density at radius 1 is 1.08 bits per heavy atom. The van der Waals surface area contributed by atoms with Gasteiger partial charge in [-0.2, -0.15) is 15.6 Å². The molecule has 2 unspecified atom stereocenters. The molecular formula is C20H15FN4O. The highest BCUT2D eigenvalue weighted by molar-refractivity contribution is 6.15. The summed E-state index contributed by atoms with van der Waals surface area (Å²) in [5, 5.41) is 24.5. The molecule has 1 aliphatic rings. The van der Waals surface area contributed by atoms with Crippen LogP contribution >= 0.6 is 0 Å². The van der Waals surface area contributed by atoms with Gasteiger partial charge in [-0.1, -0.05) is 30.3 Å². The smallest absolute Gasteiger partial charge is 0.256 e. The normalized spacial score (nSPS) is 17.6. The van der Waals surface area contributed by atoms with Crippen LogP contribution in [0.25, 0.3) is 0 Å². The van der Waals surface area contributed by atoms with Gasteiger partial charge in [-0.3, -0.25) is 4.79 Å². The maximum absolute atomic E-state index is 13.3. The van der Waals surface area contributed by atoms with E-state index in [0.717, 1.165) is 0 Å². The number of benzene rings is 2. The van der Waals surface area contributed by atoms with Crippen molar-refractivity contribution in [1.82, 2.24) is 0 Å². The van der Waals surface area contributed by atoms with Crippen LogP contribution in [-0.2, 0) is 4.79 Å². The van der Waals surface area contributed by atoms with E-state index in [0.29, 0.717) is 17.0 Å². The maximum atomic E-state index is 13.3. The van der Waals surface area contributed by atoms with Crippen molar-refractivity contribution >= 4 is 17.3 Å². The van der Waals surface area contributed by atoms with Crippen molar-refractivity contribution in [2.24, 2.45) is 16.9 Å². The zero-order chi connectivity index (χ0) is 18.7. The van der Waals surface area contributed by atoms with Gasteiger partial charge in [0.05, 0.1) is 23.7 Å². The predicted octanol–water partition coefficient (Wildman–Crippen LogP) is 3.61. The van der Waals surface area contributed by atoms with E-state index in [9.17, 15) is 19.7 Å². The highest BCUT2D eigenvalue weighted by Crippen LogP contribution is 2.38. The van der Waals surface area contributed by atoms with Crippen LogP contribution in [0.1, 0.15) is 18.4 Å². The van der Waals surface area contributed by atoms with Crippen LogP contribution in [0.3, 0.4) is 0 Å². The summed E-state index contributed by atoms with van der Waals surface area (Å²) in [5.74, 6) is -3.28. The summed E-state index contributed by atoms with van der Waals surface area (Å²) in [6.07, 6.45) is 0. The Morgan fingerprint density at radius 3 is 2.27 bits per heavy atom. The fourth-order valence-corrected chi connectivity index (χ4v) is 3.20. The Balaban J connectivity index is 2.04. The zero-order valence-electron chi connectivity index (χ0n) is 14.0. The molecule has 0 spiro atoms. The second kappa shape index (κ2) is 7.16. The molecule has 2 atom stereocenters. The summed E-state index contributed by atoms with van der Waals surface area (Å²) in [7, 11) is 0. The van der Waals surface area contributed by atoms with Gasteiger partial charge in [0.2, 0.25) is 0 Å². The average molecular weight is 346 g/mol. The number of hydrogen-bond donors (Lipinski definition) is 0. The quantitative estimate of drug-likeness (QED) is 0.848. The van der Waals surface area contributed by atoms with Gasteiger partial charge in [-0.25, -0.2) is 9.40 Å².